The Morgan fingerprint density at radius 2 is 2.54 bits per heavy atom. The smallest absolute Gasteiger partial charge is 0.118 e. The predicted octanol–water partition coefficient (Wildman–Crippen LogP) is 1.37. The SMILES string of the molecule is [2H]N([2H])C([2H])([2H])Cc1c[nH]c2ccc(O)cc12. The molecule has 1 heterocycles. The van der Waals surface area contributed by atoms with Crippen LogP contribution in [-0.4, -0.2) is 16.6 Å². The van der Waals surface area contributed by atoms with Crippen molar-refractivity contribution in [1.82, 2.24) is 4.98 Å². The van der Waals surface area contributed by atoms with E-state index in [-0.39, 0.29) is 17.9 Å². The summed E-state index contributed by atoms with van der Waals surface area (Å²) < 4.78 is 29.1. The molecule has 0 radical (unpaired) electrons. The lowest BCUT2D eigenvalue weighted by Crippen LogP contribution is -2.01. The van der Waals surface area contributed by atoms with Crippen LogP contribution in [0.5, 0.6) is 5.75 Å². The number of H-pyrrole nitrogens is 1. The first-order chi connectivity index (χ1) is 7.90. The minimum atomic E-state index is -2.07. The molecule has 0 fully saturated rings. The first-order valence-corrected chi connectivity index (χ1v) is 3.97. The van der Waals surface area contributed by atoms with Gasteiger partial charge in [0.1, 0.15) is 8.57 Å². The van der Waals surface area contributed by atoms with Crippen LogP contribution in [-0.2, 0) is 6.42 Å². The van der Waals surface area contributed by atoms with Crippen molar-refractivity contribution in [3.05, 3.63) is 30.0 Å². The van der Waals surface area contributed by atoms with Crippen LogP contribution in [0.3, 0.4) is 0 Å². The van der Waals surface area contributed by atoms with Crippen LogP contribution in [0.4, 0.5) is 0 Å². The third-order valence-electron chi connectivity index (χ3n) is 2.02. The van der Waals surface area contributed by atoms with Crippen molar-refractivity contribution in [3.8, 4) is 5.75 Å². The van der Waals surface area contributed by atoms with E-state index in [1.54, 1.807) is 18.3 Å². The number of rotatable bonds is 3. The van der Waals surface area contributed by atoms with Gasteiger partial charge >= 0.3 is 0 Å². The average molecular weight is 180 g/mol. The molecule has 0 aliphatic carbocycles. The summed E-state index contributed by atoms with van der Waals surface area (Å²) in [6, 6.07) is 4.77. The van der Waals surface area contributed by atoms with Crippen LogP contribution in [0.15, 0.2) is 24.4 Å². The Morgan fingerprint density at radius 3 is 3.38 bits per heavy atom. The third kappa shape index (κ3) is 1.38. The highest BCUT2D eigenvalue weighted by Crippen LogP contribution is 2.22. The maximum atomic E-state index is 9.39. The van der Waals surface area contributed by atoms with Gasteiger partial charge in [-0.15, -0.1) is 0 Å². The van der Waals surface area contributed by atoms with E-state index < -0.39 is 6.50 Å². The maximum Gasteiger partial charge on any atom is 0.118 e. The zero-order chi connectivity index (χ0) is 12.6. The molecule has 0 saturated heterocycles. The number of benzene rings is 1. The summed E-state index contributed by atoms with van der Waals surface area (Å²) in [5, 5.41) is 10.1. The summed E-state index contributed by atoms with van der Waals surface area (Å²) in [5.74, 6) is 0.104. The fraction of sp³-hybridized carbons (Fsp3) is 0.200. The van der Waals surface area contributed by atoms with Gasteiger partial charge < -0.3 is 15.8 Å². The molecule has 1 aromatic carbocycles. The Hall–Kier alpha value is -1.48. The van der Waals surface area contributed by atoms with Gasteiger partial charge in [0.05, 0.1) is 0 Å². The van der Waals surface area contributed by atoms with E-state index in [9.17, 15) is 5.11 Å². The van der Waals surface area contributed by atoms with Crippen molar-refractivity contribution in [2.24, 2.45) is 5.72 Å². The minimum absolute atomic E-state index is 0.0502. The topological polar surface area (TPSA) is 62.0 Å². The van der Waals surface area contributed by atoms with Crippen LogP contribution in [0.2, 0.25) is 2.82 Å². The average Bonchev–Trinajstić information content (AvgIpc) is 2.60. The Kier molecular flexibility index (Phi) is 1.12. The van der Waals surface area contributed by atoms with Crippen molar-refractivity contribution >= 4 is 10.9 Å². The summed E-state index contributed by atoms with van der Waals surface area (Å²) in [7, 11) is 0. The molecule has 0 saturated carbocycles. The molecule has 2 rings (SSSR count). The molecule has 3 nitrogen and oxygen atoms in total. The van der Waals surface area contributed by atoms with Crippen molar-refractivity contribution in [2.45, 2.75) is 6.42 Å². The van der Waals surface area contributed by atoms with Crippen LogP contribution in [0.25, 0.3) is 10.9 Å². The molecule has 3 heteroatoms. The predicted molar refractivity (Wildman–Crippen MR) is 52.7 cm³/mol. The number of aromatic nitrogens is 1. The van der Waals surface area contributed by atoms with Crippen molar-refractivity contribution in [3.63, 3.8) is 0 Å². The van der Waals surface area contributed by atoms with Gasteiger partial charge in [-0.2, -0.15) is 0 Å². The van der Waals surface area contributed by atoms with E-state index in [1.165, 1.54) is 6.07 Å². The van der Waals surface area contributed by atoms with Gasteiger partial charge in [0.25, 0.3) is 0 Å². The highest BCUT2D eigenvalue weighted by Gasteiger charge is 2.02. The Labute approximate surface area is 81.9 Å². The van der Waals surface area contributed by atoms with Gasteiger partial charge in [-0.1, -0.05) is 0 Å². The first-order valence-electron chi connectivity index (χ1n) is 5.86. The molecule has 0 atom stereocenters. The monoisotopic (exact) mass is 180 g/mol. The molecule has 0 bridgehead atoms. The lowest BCUT2D eigenvalue weighted by molar-refractivity contribution is 0.476. The van der Waals surface area contributed by atoms with E-state index >= 15 is 0 Å². The quantitative estimate of drug-likeness (QED) is 0.668. The molecular weight excluding hydrogens is 164 g/mol. The van der Waals surface area contributed by atoms with Crippen molar-refractivity contribution in [2.75, 3.05) is 6.50 Å². The molecule has 0 spiro atoms. The number of fused-ring (bicyclic) bond motifs is 1. The van der Waals surface area contributed by atoms with Crippen molar-refractivity contribution < 1.29 is 10.7 Å². The number of nitrogens with one attached hydrogen (secondary N) is 1. The third-order valence-corrected chi connectivity index (χ3v) is 2.02. The zero-order valence-corrected chi connectivity index (χ0v) is 6.91. The number of aromatic hydroxyl groups is 1. The van der Waals surface area contributed by atoms with Gasteiger partial charge in [-0.25, -0.2) is 0 Å². The molecule has 0 aliphatic rings. The first kappa shape index (κ1) is 4.67. The number of hydrogen-bond acceptors (Lipinski definition) is 2. The van der Waals surface area contributed by atoms with Gasteiger partial charge in [0, 0.05) is 19.8 Å². The van der Waals surface area contributed by atoms with Crippen LogP contribution < -0.4 is 5.72 Å². The normalized spacial score (nSPS) is 16.7. The van der Waals surface area contributed by atoms with Crippen molar-refractivity contribution in [1.29, 1.82) is 0 Å². The van der Waals surface area contributed by atoms with Crippen LogP contribution >= 0.6 is 0 Å². The maximum absolute atomic E-state index is 9.39. The largest absolute Gasteiger partial charge is 0.508 e. The molecule has 2 aromatic rings. The van der Waals surface area contributed by atoms with E-state index in [1.807, 2.05) is 0 Å². The lowest BCUT2D eigenvalue weighted by Gasteiger charge is -1.96. The Bertz CT molecular complexity index is 538. The summed E-state index contributed by atoms with van der Waals surface area (Å²) in [4.78, 5) is 2.96. The van der Waals surface area contributed by atoms with E-state index in [4.69, 9.17) is 5.57 Å². The fourth-order valence-electron chi connectivity index (χ4n) is 1.40. The van der Waals surface area contributed by atoms with Gasteiger partial charge in [-0.05, 0) is 36.7 Å². The molecular formula is C10H12N2O. The highest BCUT2D eigenvalue weighted by atomic mass is 16.3. The summed E-state index contributed by atoms with van der Waals surface area (Å²) >= 11 is 0. The van der Waals surface area contributed by atoms with Crippen LogP contribution in [0.1, 0.15) is 8.30 Å². The molecule has 1 aromatic heterocycles. The molecule has 0 amide bonds. The van der Waals surface area contributed by atoms with Gasteiger partial charge in [0.15, 0.2) is 0 Å². The second kappa shape index (κ2) is 3.11. The van der Waals surface area contributed by atoms with E-state index in [0.29, 0.717) is 10.9 Å². The Balaban J connectivity index is 2.40. The van der Waals surface area contributed by atoms with E-state index in [2.05, 4.69) is 4.98 Å². The van der Waals surface area contributed by atoms with Crippen LogP contribution in [0, 0.1) is 0 Å². The number of nitrogens with two attached hydrogens (primary N) is 1. The number of aryl methyl sites for hydroxylation is 1. The number of aromatic amines is 1. The number of phenols is 1. The van der Waals surface area contributed by atoms with Gasteiger partial charge in [0.2, 0.25) is 0 Å². The summed E-state index contributed by atoms with van der Waals surface area (Å²) in [6.45, 7) is -2.07. The highest BCUT2D eigenvalue weighted by molar-refractivity contribution is 5.84. The Morgan fingerprint density at radius 1 is 1.62 bits per heavy atom. The van der Waals surface area contributed by atoms with Gasteiger partial charge in [-0.3, -0.25) is 0 Å². The molecule has 0 aliphatic heterocycles. The zero-order valence-electron chi connectivity index (χ0n) is 10.9. The molecule has 68 valence electrons. The lowest BCUT2D eigenvalue weighted by atomic mass is 10.1. The molecule has 4 N–H and O–H groups in total. The van der Waals surface area contributed by atoms with E-state index in [0.717, 1.165) is 5.52 Å². The second-order valence-electron chi connectivity index (χ2n) is 2.88. The summed E-state index contributed by atoms with van der Waals surface area (Å²) in [6.07, 6.45) is 1.54. The molecule has 13 heavy (non-hydrogen) atoms. The molecule has 0 unspecified atom stereocenters. The number of phenolic OH excluding ortho intramolecular Hbond substituents is 1. The number of hydrogen-bond donors (Lipinski definition) is 3. The second-order valence-corrected chi connectivity index (χ2v) is 2.88. The minimum Gasteiger partial charge on any atom is -0.508 e. The fourth-order valence-corrected chi connectivity index (χ4v) is 1.40. The standard InChI is InChI=1S/C10H12N2O/c11-4-3-7-6-12-10-2-1-8(13)5-9(7)10/h1-2,5-6,12-13H,3-4,11H2/i4D2/hD2. The summed E-state index contributed by atoms with van der Waals surface area (Å²) in [5.41, 5.74) is 1.47.